The van der Waals surface area contributed by atoms with Gasteiger partial charge in [-0.1, -0.05) is 36.4 Å². The average Bonchev–Trinajstić information content (AvgIpc) is 3.11. The van der Waals surface area contributed by atoms with E-state index in [1.165, 1.54) is 0 Å². The van der Waals surface area contributed by atoms with Crippen molar-refractivity contribution in [1.29, 1.82) is 0 Å². The van der Waals surface area contributed by atoms with E-state index in [0.29, 0.717) is 13.0 Å². The number of nitrogens with zero attached hydrogens (tertiary/aromatic N) is 2. The Morgan fingerprint density at radius 3 is 2.85 bits per heavy atom. The van der Waals surface area contributed by atoms with E-state index >= 15 is 0 Å². The number of carbonyl (C=O) groups excluding carboxylic acids is 1. The molecule has 142 valence electrons. The van der Waals surface area contributed by atoms with Gasteiger partial charge in [-0.15, -0.1) is 12.4 Å². The number of rotatable bonds is 4. The van der Waals surface area contributed by atoms with E-state index in [4.69, 9.17) is 4.74 Å². The third-order valence-electron chi connectivity index (χ3n) is 4.93. The number of nitrogens with one attached hydrogen (secondary N) is 2. The zero-order chi connectivity index (χ0) is 17.9. The number of halogens is 1. The van der Waals surface area contributed by atoms with E-state index in [1.54, 1.807) is 7.11 Å². The first-order valence-corrected chi connectivity index (χ1v) is 8.83. The maximum absolute atomic E-state index is 13.1. The maximum Gasteiger partial charge on any atom is 0.229 e. The minimum atomic E-state index is -0.0402. The average molecular weight is 387 g/mol. The number of hydrogen-bond acceptors (Lipinski definition) is 4. The Hall–Kier alpha value is -2.57. The van der Waals surface area contributed by atoms with E-state index in [0.717, 1.165) is 41.0 Å². The van der Waals surface area contributed by atoms with Crippen LogP contribution in [0.4, 0.5) is 0 Å². The number of fused-ring (bicyclic) bond motifs is 1. The molecule has 0 aliphatic carbocycles. The summed E-state index contributed by atoms with van der Waals surface area (Å²) in [7, 11) is 1.66. The second-order valence-electron chi connectivity index (χ2n) is 6.45. The first-order chi connectivity index (χ1) is 12.8. The van der Waals surface area contributed by atoms with E-state index in [1.807, 2.05) is 53.4 Å². The van der Waals surface area contributed by atoms with Gasteiger partial charge in [0.25, 0.3) is 0 Å². The molecule has 1 atom stereocenters. The lowest BCUT2D eigenvalue weighted by Crippen LogP contribution is -2.49. The van der Waals surface area contributed by atoms with Crippen molar-refractivity contribution in [1.82, 2.24) is 20.4 Å². The molecule has 27 heavy (non-hydrogen) atoms. The second-order valence-corrected chi connectivity index (χ2v) is 6.45. The van der Waals surface area contributed by atoms with Crippen LogP contribution in [0.1, 0.15) is 17.3 Å². The molecule has 0 saturated carbocycles. The first-order valence-electron chi connectivity index (χ1n) is 8.83. The predicted octanol–water partition coefficient (Wildman–Crippen LogP) is 2.71. The van der Waals surface area contributed by atoms with Crippen LogP contribution in [0.2, 0.25) is 0 Å². The summed E-state index contributed by atoms with van der Waals surface area (Å²) in [5.74, 6) is 0.905. The summed E-state index contributed by atoms with van der Waals surface area (Å²) in [6.07, 6.45) is 0.312. The fourth-order valence-corrected chi connectivity index (χ4v) is 3.62. The van der Waals surface area contributed by atoms with Crippen molar-refractivity contribution < 1.29 is 9.53 Å². The van der Waals surface area contributed by atoms with Crippen LogP contribution in [0.25, 0.3) is 10.9 Å². The predicted molar refractivity (Wildman–Crippen MR) is 107 cm³/mol. The lowest BCUT2D eigenvalue weighted by atomic mass is 10.0. The van der Waals surface area contributed by atoms with Gasteiger partial charge in [-0.2, -0.15) is 5.10 Å². The lowest BCUT2D eigenvalue weighted by Gasteiger charge is -2.37. The van der Waals surface area contributed by atoms with Gasteiger partial charge in [-0.05, 0) is 12.1 Å². The number of piperazine rings is 1. The number of ether oxygens (including phenoxy) is 1. The molecule has 1 amide bonds. The maximum atomic E-state index is 13.1. The topological polar surface area (TPSA) is 70.2 Å². The van der Waals surface area contributed by atoms with Gasteiger partial charge in [0.15, 0.2) is 0 Å². The molecule has 2 N–H and O–H groups in total. The van der Waals surface area contributed by atoms with Crippen LogP contribution >= 0.6 is 12.4 Å². The third-order valence-corrected chi connectivity index (χ3v) is 4.93. The minimum Gasteiger partial charge on any atom is -0.496 e. The number of methoxy groups -OCH3 is 1. The molecule has 1 aliphatic heterocycles. The quantitative estimate of drug-likeness (QED) is 0.723. The summed E-state index contributed by atoms with van der Waals surface area (Å²) >= 11 is 0. The molecular weight excluding hydrogens is 364 g/mol. The molecule has 0 spiro atoms. The van der Waals surface area contributed by atoms with Gasteiger partial charge in [0.2, 0.25) is 5.91 Å². The van der Waals surface area contributed by atoms with E-state index in [-0.39, 0.29) is 24.4 Å². The van der Waals surface area contributed by atoms with Crippen molar-refractivity contribution in [3.63, 3.8) is 0 Å². The number of aromatic amines is 1. The fourth-order valence-electron chi connectivity index (χ4n) is 3.62. The van der Waals surface area contributed by atoms with Crippen molar-refractivity contribution in [3.05, 3.63) is 59.8 Å². The van der Waals surface area contributed by atoms with Gasteiger partial charge in [0, 0.05) is 30.6 Å². The van der Waals surface area contributed by atoms with E-state index in [2.05, 4.69) is 15.5 Å². The normalized spacial score (nSPS) is 16.8. The number of H-pyrrole nitrogens is 1. The molecule has 0 radical (unpaired) electrons. The van der Waals surface area contributed by atoms with Crippen LogP contribution in [0, 0.1) is 0 Å². The zero-order valence-electron chi connectivity index (χ0n) is 15.1. The molecule has 7 heteroatoms. The fraction of sp³-hybridized carbons (Fsp3) is 0.300. The number of benzene rings is 2. The lowest BCUT2D eigenvalue weighted by molar-refractivity contribution is -0.133. The van der Waals surface area contributed by atoms with E-state index in [9.17, 15) is 4.79 Å². The molecule has 2 heterocycles. The Morgan fingerprint density at radius 1 is 1.22 bits per heavy atom. The van der Waals surface area contributed by atoms with Crippen molar-refractivity contribution in [2.45, 2.75) is 12.5 Å². The highest BCUT2D eigenvalue weighted by Crippen LogP contribution is 2.30. The van der Waals surface area contributed by atoms with Crippen LogP contribution in [0.3, 0.4) is 0 Å². The first kappa shape index (κ1) is 19.2. The molecule has 3 aromatic rings. The smallest absolute Gasteiger partial charge is 0.229 e. The summed E-state index contributed by atoms with van der Waals surface area (Å²) in [5.41, 5.74) is 2.78. The SMILES string of the molecule is COc1ccccc1C1CNCCN1C(=O)Cc1[nH]nc2ccccc12.Cl. The van der Waals surface area contributed by atoms with Gasteiger partial charge in [-0.3, -0.25) is 9.89 Å². The number of para-hydroxylation sites is 2. The monoisotopic (exact) mass is 386 g/mol. The van der Waals surface area contributed by atoms with Gasteiger partial charge >= 0.3 is 0 Å². The molecule has 1 aromatic heterocycles. The minimum absolute atomic E-state index is 0. The molecule has 4 rings (SSSR count). The molecule has 0 bridgehead atoms. The standard InChI is InChI=1S/C20H22N4O2.ClH/c1-26-19-9-5-3-7-15(19)18-13-21-10-11-24(18)20(25)12-17-14-6-2-4-8-16(14)22-23-17;/h2-9,18,21H,10-13H2,1H3,(H,22,23);1H. The van der Waals surface area contributed by atoms with Crippen molar-refractivity contribution in [2.75, 3.05) is 26.7 Å². The Labute approximate surface area is 164 Å². The highest BCUT2D eigenvalue weighted by Gasteiger charge is 2.30. The van der Waals surface area contributed by atoms with Gasteiger partial charge < -0.3 is 15.0 Å². The van der Waals surface area contributed by atoms with Gasteiger partial charge in [0.1, 0.15) is 5.75 Å². The molecule has 1 unspecified atom stereocenters. The molecule has 1 aliphatic rings. The molecule has 1 fully saturated rings. The van der Waals surface area contributed by atoms with Crippen LogP contribution in [0.5, 0.6) is 5.75 Å². The Morgan fingerprint density at radius 2 is 2.00 bits per heavy atom. The number of amides is 1. The van der Waals surface area contributed by atoms with Crippen LogP contribution in [-0.2, 0) is 11.2 Å². The highest BCUT2D eigenvalue weighted by atomic mass is 35.5. The largest absolute Gasteiger partial charge is 0.496 e. The number of hydrogen-bond donors (Lipinski definition) is 2. The van der Waals surface area contributed by atoms with Crippen molar-refractivity contribution in [2.24, 2.45) is 0 Å². The van der Waals surface area contributed by atoms with Crippen LogP contribution in [0.15, 0.2) is 48.5 Å². The summed E-state index contributed by atoms with van der Waals surface area (Å²) in [6, 6.07) is 15.7. The second kappa shape index (κ2) is 8.41. The number of carbonyl (C=O) groups is 1. The molecular formula is C20H23ClN4O2. The summed E-state index contributed by atoms with van der Waals surface area (Å²) in [4.78, 5) is 15.1. The molecule has 2 aromatic carbocycles. The van der Waals surface area contributed by atoms with Gasteiger partial charge in [-0.25, -0.2) is 0 Å². The van der Waals surface area contributed by atoms with Gasteiger partial charge in [0.05, 0.1) is 30.8 Å². The Balaban J connectivity index is 0.00000210. The molecule has 1 saturated heterocycles. The van der Waals surface area contributed by atoms with Crippen molar-refractivity contribution in [3.8, 4) is 5.75 Å². The number of aromatic nitrogens is 2. The van der Waals surface area contributed by atoms with E-state index < -0.39 is 0 Å². The van der Waals surface area contributed by atoms with Crippen LogP contribution in [-0.4, -0.2) is 47.7 Å². The summed E-state index contributed by atoms with van der Waals surface area (Å²) < 4.78 is 5.51. The Bertz CT molecular complexity index is 927. The summed E-state index contributed by atoms with van der Waals surface area (Å²) in [5, 5.41) is 11.7. The van der Waals surface area contributed by atoms with Crippen LogP contribution < -0.4 is 10.1 Å². The summed E-state index contributed by atoms with van der Waals surface area (Å²) in [6.45, 7) is 2.19. The zero-order valence-corrected chi connectivity index (χ0v) is 16.0. The highest BCUT2D eigenvalue weighted by molar-refractivity contribution is 5.87. The molecule has 6 nitrogen and oxygen atoms in total. The third kappa shape index (κ3) is 3.77. The Kier molecular flexibility index (Phi) is 5.98. The van der Waals surface area contributed by atoms with Crippen molar-refractivity contribution >= 4 is 29.2 Å².